The van der Waals surface area contributed by atoms with Crippen molar-refractivity contribution in [2.24, 2.45) is 0 Å². The first-order valence-electron chi connectivity index (χ1n) is 32.5. The number of nitrogens with zero attached hydrogens (tertiary/aromatic N) is 1. The van der Waals surface area contributed by atoms with Crippen LogP contribution in [0.1, 0.15) is 296 Å². The van der Waals surface area contributed by atoms with Crippen LogP contribution in [0.4, 0.5) is 0 Å². The predicted molar refractivity (Wildman–Crippen MR) is 327 cm³/mol. The third kappa shape index (κ3) is 60.5. The Morgan fingerprint density at radius 3 is 1.12 bits per heavy atom. The molecule has 0 aliphatic rings. The minimum atomic E-state index is -1.51. The first-order valence-corrected chi connectivity index (χ1v) is 32.5. The molecule has 0 aliphatic heterocycles. The fraction of sp³-hybridized carbons (Fsp3) is 0.809. The van der Waals surface area contributed by atoms with Crippen molar-refractivity contribution in [2.75, 3.05) is 47.5 Å². The summed E-state index contributed by atoms with van der Waals surface area (Å²) in [6.45, 7) is 4.80. The Hall–Kier alpha value is -3.01. The average molecular weight is 1080 g/mol. The lowest BCUT2D eigenvalue weighted by Crippen LogP contribution is -2.40. The Bertz CT molecular complexity index is 1450. The van der Waals surface area contributed by atoms with E-state index in [9.17, 15) is 19.5 Å². The molecule has 0 aliphatic carbocycles. The Morgan fingerprint density at radius 1 is 0.403 bits per heavy atom. The predicted octanol–water partition coefficient (Wildman–Crippen LogP) is 19.6. The van der Waals surface area contributed by atoms with Crippen LogP contribution in [0.5, 0.6) is 0 Å². The fourth-order valence-electron chi connectivity index (χ4n) is 9.30. The molecular formula is C68H124NO8+. The molecule has 0 aromatic carbocycles. The number of quaternary nitrogens is 1. The molecule has 0 fully saturated rings. The zero-order valence-electron chi connectivity index (χ0n) is 51.1. The lowest BCUT2D eigenvalue weighted by molar-refractivity contribution is -0.870. The molecule has 9 heteroatoms. The number of rotatable bonds is 60. The zero-order chi connectivity index (χ0) is 56.2. The maximum atomic E-state index is 12.9. The molecule has 0 aromatic rings. The molecule has 0 spiro atoms. The van der Waals surface area contributed by atoms with Gasteiger partial charge in [-0.05, 0) is 77.0 Å². The number of allylic oxidation sites excluding steroid dienone is 10. The van der Waals surface area contributed by atoms with Crippen LogP contribution in [0.2, 0.25) is 0 Å². The number of hydrogen-bond donors (Lipinski definition) is 1. The standard InChI is InChI=1S/C68H123NO8/c1-6-8-10-12-14-16-18-20-22-24-26-28-30-32-33-35-37-39-41-43-45-47-49-51-53-55-57-59-66(71)77-64(63-76-68(67(72)73)74-61-60-69(3,4)5)62-75-65(70)58-56-54-52-50-48-46-44-42-40-38-36-34-31-29-27-25-23-21-19-17-15-13-11-9-7-2/h8,10,14,16,20,22,25-28,64,68H,6-7,9,11-13,15,17-19,21,23-24,29-63H2,1-5H3/p+1/b10-8-,16-14-,22-20-,27-25-,28-26-. The molecule has 0 bridgehead atoms. The van der Waals surface area contributed by atoms with E-state index in [1.54, 1.807) is 0 Å². The number of unbranched alkanes of at least 4 members (excludes halogenated alkanes) is 35. The molecule has 0 saturated heterocycles. The molecule has 2 unspecified atom stereocenters. The van der Waals surface area contributed by atoms with Gasteiger partial charge < -0.3 is 28.5 Å². The average Bonchev–Trinajstić information content (AvgIpc) is 3.40. The van der Waals surface area contributed by atoms with Crippen molar-refractivity contribution in [1.29, 1.82) is 0 Å². The quantitative estimate of drug-likeness (QED) is 0.0211. The molecule has 0 heterocycles. The summed E-state index contributed by atoms with van der Waals surface area (Å²) in [5, 5.41) is 9.73. The number of hydrogen-bond acceptors (Lipinski definition) is 7. The third-order valence-corrected chi connectivity index (χ3v) is 14.3. The highest BCUT2D eigenvalue weighted by Gasteiger charge is 2.25. The van der Waals surface area contributed by atoms with Gasteiger partial charge in [0.2, 0.25) is 0 Å². The molecule has 77 heavy (non-hydrogen) atoms. The molecule has 9 nitrogen and oxygen atoms in total. The van der Waals surface area contributed by atoms with Crippen LogP contribution in [0, 0.1) is 0 Å². The first kappa shape index (κ1) is 74.0. The molecule has 0 amide bonds. The summed E-state index contributed by atoms with van der Waals surface area (Å²) in [6.07, 6.45) is 73.1. The highest BCUT2D eigenvalue weighted by Crippen LogP contribution is 2.17. The lowest BCUT2D eigenvalue weighted by Gasteiger charge is -2.25. The SMILES string of the molecule is CC/C=C\C/C=C\C/C=C\C/C=C\CCCCCCCCCCCCCCCCC(=O)OC(COC(=O)CCCCCCCCCCCCCCC/C=C\CCCCCCCCCC)COC(OCC[N+](C)(C)C)C(=O)O. The smallest absolute Gasteiger partial charge is 0.361 e. The van der Waals surface area contributed by atoms with E-state index in [0.29, 0.717) is 17.4 Å². The second-order valence-electron chi connectivity index (χ2n) is 23.0. The number of carboxylic acids is 1. The van der Waals surface area contributed by atoms with Crippen molar-refractivity contribution >= 4 is 17.9 Å². The van der Waals surface area contributed by atoms with Gasteiger partial charge in [0, 0.05) is 12.8 Å². The molecule has 1 N–H and O–H groups in total. The molecule has 0 saturated carbocycles. The van der Waals surface area contributed by atoms with Crippen molar-refractivity contribution in [2.45, 2.75) is 309 Å². The van der Waals surface area contributed by atoms with Crippen molar-refractivity contribution in [3.8, 4) is 0 Å². The summed E-state index contributed by atoms with van der Waals surface area (Å²) in [7, 11) is 5.98. The molecule has 0 aromatic heterocycles. The van der Waals surface area contributed by atoms with Crippen LogP contribution < -0.4 is 0 Å². The monoisotopic (exact) mass is 1080 g/mol. The normalized spacial score (nSPS) is 13.1. The summed E-state index contributed by atoms with van der Waals surface area (Å²) in [4.78, 5) is 37.6. The van der Waals surface area contributed by atoms with E-state index in [0.717, 1.165) is 64.2 Å². The van der Waals surface area contributed by atoms with Crippen LogP contribution in [0.15, 0.2) is 60.8 Å². The number of esters is 2. The number of likely N-dealkylation sites (N-methyl/N-ethyl adjacent to an activating group) is 1. The number of carbonyl (C=O) groups is 3. The van der Waals surface area contributed by atoms with Crippen molar-refractivity contribution < 1.29 is 42.9 Å². The highest BCUT2D eigenvalue weighted by atomic mass is 16.7. The lowest BCUT2D eigenvalue weighted by atomic mass is 10.0. The topological polar surface area (TPSA) is 108 Å². The summed E-state index contributed by atoms with van der Waals surface area (Å²) < 4.78 is 23.0. The minimum Gasteiger partial charge on any atom is -0.477 e. The minimum absolute atomic E-state index is 0.181. The van der Waals surface area contributed by atoms with Gasteiger partial charge in [-0.3, -0.25) is 9.59 Å². The zero-order valence-corrected chi connectivity index (χ0v) is 51.1. The number of aliphatic carboxylic acids is 1. The van der Waals surface area contributed by atoms with Crippen LogP contribution in [-0.2, 0) is 33.3 Å². The molecule has 0 rings (SSSR count). The Morgan fingerprint density at radius 2 is 0.740 bits per heavy atom. The summed E-state index contributed by atoms with van der Waals surface area (Å²) in [6, 6.07) is 0. The highest BCUT2D eigenvalue weighted by molar-refractivity contribution is 5.71. The number of ether oxygens (including phenoxy) is 4. The van der Waals surface area contributed by atoms with E-state index in [4.69, 9.17) is 18.9 Å². The van der Waals surface area contributed by atoms with Crippen LogP contribution >= 0.6 is 0 Å². The molecule has 2 atom stereocenters. The molecule has 448 valence electrons. The number of carbonyl (C=O) groups excluding carboxylic acids is 2. The van der Waals surface area contributed by atoms with E-state index in [1.807, 2.05) is 21.1 Å². The van der Waals surface area contributed by atoms with E-state index >= 15 is 0 Å². The van der Waals surface area contributed by atoms with Crippen molar-refractivity contribution in [3.63, 3.8) is 0 Å². The van der Waals surface area contributed by atoms with E-state index in [2.05, 4.69) is 74.6 Å². The maximum Gasteiger partial charge on any atom is 0.361 e. The van der Waals surface area contributed by atoms with Gasteiger partial charge in [-0.25, -0.2) is 4.79 Å². The third-order valence-electron chi connectivity index (χ3n) is 14.3. The second-order valence-corrected chi connectivity index (χ2v) is 23.0. The van der Waals surface area contributed by atoms with Gasteiger partial charge in [0.15, 0.2) is 6.10 Å². The summed E-state index contributed by atoms with van der Waals surface area (Å²) in [5.74, 6) is -1.99. The Balaban J connectivity index is 4.15. The van der Waals surface area contributed by atoms with Gasteiger partial charge in [-0.15, -0.1) is 0 Å². The van der Waals surface area contributed by atoms with Crippen molar-refractivity contribution in [3.05, 3.63) is 60.8 Å². The first-order chi connectivity index (χ1) is 37.6. The van der Waals surface area contributed by atoms with Gasteiger partial charge in [0.25, 0.3) is 6.29 Å². The van der Waals surface area contributed by atoms with Gasteiger partial charge in [0.1, 0.15) is 13.2 Å². The Kier molecular flexibility index (Phi) is 56.8. The van der Waals surface area contributed by atoms with E-state index < -0.39 is 24.3 Å². The molecular weight excluding hydrogens is 959 g/mol. The van der Waals surface area contributed by atoms with Gasteiger partial charge >= 0.3 is 17.9 Å². The number of carboxylic acid groups (broad SMARTS) is 1. The Labute approximate surface area is 475 Å². The summed E-state index contributed by atoms with van der Waals surface area (Å²) >= 11 is 0. The largest absolute Gasteiger partial charge is 0.477 e. The van der Waals surface area contributed by atoms with Gasteiger partial charge in [-0.2, -0.15) is 0 Å². The van der Waals surface area contributed by atoms with Gasteiger partial charge in [-0.1, -0.05) is 267 Å². The summed E-state index contributed by atoms with van der Waals surface area (Å²) in [5.41, 5.74) is 0. The van der Waals surface area contributed by atoms with Crippen LogP contribution in [0.3, 0.4) is 0 Å². The van der Waals surface area contributed by atoms with E-state index in [1.165, 1.54) is 205 Å². The van der Waals surface area contributed by atoms with Crippen molar-refractivity contribution in [1.82, 2.24) is 0 Å². The van der Waals surface area contributed by atoms with Gasteiger partial charge in [0.05, 0.1) is 34.4 Å². The fourth-order valence-corrected chi connectivity index (χ4v) is 9.30. The maximum absolute atomic E-state index is 12.9. The van der Waals surface area contributed by atoms with Crippen LogP contribution in [0.25, 0.3) is 0 Å². The molecule has 0 radical (unpaired) electrons. The second kappa shape index (κ2) is 59.1. The van der Waals surface area contributed by atoms with Crippen LogP contribution in [-0.4, -0.2) is 87.4 Å². The van der Waals surface area contributed by atoms with E-state index in [-0.39, 0.29) is 32.2 Å².